The summed E-state index contributed by atoms with van der Waals surface area (Å²) in [4.78, 5) is 28.0. The van der Waals surface area contributed by atoms with E-state index in [4.69, 9.17) is 0 Å². The van der Waals surface area contributed by atoms with Crippen LogP contribution in [0.3, 0.4) is 0 Å². The summed E-state index contributed by atoms with van der Waals surface area (Å²) in [7, 11) is 0. The Morgan fingerprint density at radius 2 is 1.42 bits per heavy atom. The summed E-state index contributed by atoms with van der Waals surface area (Å²) in [5, 5.41) is 11.3. The molecule has 5 nitrogen and oxygen atoms in total. The summed E-state index contributed by atoms with van der Waals surface area (Å²) >= 11 is 0. The zero-order chi connectivity index (χ0) is 18.8. The first kappa shape index (κ1) is 18.0. The molecular formula is C21H23N2O3-. The van der Waals surface area contributed by atoms with Gasteiger partial charge in [-0.2, -0.15) is 0 Å². The predicted octanol–water partition coefficient (Wildman–Crippen LogP) is 1.94. The van der Waals surface area contributed by atoms with Gasteiger partial charge in [-0.05, 0) is 49.6 Å². The van der Waals surface area contributed by atoms with Gasteiger partial charge in [0.05, 0.1) is 5.97 Å². The Labute approximate surface area is 153 Å². The topological polar surface area (TPSA) is 63.7 Å². The van der Waals surface area contributed by atoms with E-state index in [1.54, 1.807) is 23.1 Å². The minimum absolute atomic E-state index is 0.0510. The molecule has 3 rings (SSSR count). The minimum Gasteiger partial charge on any atom is -0.545 e. The van der Waals surface area contributed by atoms with Gasteiger partial charge in [0.25, 0.3) is 5.91 Å². The molecule has 0 aromatic heterocycles. The Balaban J connectivity index is 1.74. The molecule has 5 heteroatoms. The number of benzene rings is 2. The fraction of sp³-hybridized carbons (Fsp3) is 0.333. The number of aryl methyl sites for hydroxylation is 3. The summed E-state index contributed by atoms with van der Waals surface area (Å²) in [6.07, 6.45) is 0. The van der Waals surface area contributed by atoms with Gasteiger partial charge in [-0.3, -0.25) is 4.79 Å². The number of amides is 1. The Hall–Kier alpha value is -2.82. The van der Waals surface area contributed by atoms with Crippen LogP contribution in [0.5, 0.6) is 0 Å². The largest absolute Gasteiger partial charge is 0.545 e. The van der Waals surface area contributed by atoms with Crippen LogP contribution in [-0.2, 0) is 0 Å². The van der Waals surface area contributed by atoms with E-state index in [-0.39, 0.29) is 17.0 Å². The number of carboxylic acids is 1. The third-order valence-corrected chi connectivity index (χ3v) is 5.10. The number of piperazine rings is 1. The summed E-state index contributed by atoms with van der Waals surface area (Å²) in [5.74, 6) is -1.57. The molecule has 0 radical (unpaired) electrons. The van der Waals surface area contributed by atoms with E-state index < -0.39 is 5.97 Å². The third-order valence-electron chi connectivity index (χ3n) is 5.10. The van der Waals surface area contributed by atoms with E-state index in [0.717, 1.165) is 13.1 Å². The molecule has 0 atom stereocenters. The van der Waals surface area contributed by atoms with Gasteiger partial charge in [-0.15, -0.1) is 0 Å². The number of nitrogens with zero attached hydrogens (tertiary/aromatic N) is 2. The smallest absolute Gasteiger partial charge is 0.254 e. The number of hydrogen-bond acceptors (Lipinski definition) is 4. The van der Waals surface area contributed by atoms with Gasteiger partial charge in [-0.1, -0.05) is 24.3 Å². The van der Waals surface area contributed by atoms with E-state index in [2.05, 4.69) is 37.8 Å². The average molecular weight is 351 g/mol. The van der Waals surface area contributed by atoms with Crippen LogP contribution < -0.4 is 10.0 Å². The highest BCUT2D eigenvalue weighted by Gasteiger charge is 2.24. The summed E-state index contributed by atoms with van der Waals surface area (Å²) in [6.45, 7) is 8.89. The van der Waals surface area contributed by atoms with Crippen LogP contribution in [0, 0.1) is 20.8 Å². The van der Waals surface area contributed by atoms with E-state index in [0.29, 0.717) is 13.1 Å². The summed E-state index contributed by atoms with van der Waals surface area (Å²) in [6, 6.07) is 10.6. The lowest BCUT2D eigenvalue weighted by Gasteiger charge is -2.37. The lowest BCUT2D eigenvalue weighted by Crippen LogP contribution is -2.49. The Bertz CT molecular complexity index is 852. The molecule has 1 aliphatic heterocycles. The van der Waals surface area contributed by atoms with Gasteiger partial charge in [-0.25, -0.2) is 0 Å². The molecule has 0 spiro atoms. The van der Waals surface area contributed by atoms with Crippen LogP contribution in [0.2, 0.25) is 0 Å². The van der Waals surface area contributed by atoms with Crippen LogP contribution >= 0.6 is 0 Å². The highest BCUT2D eigenvalue weighted by Crippen LogP contribution is 2.25. The molecule has 1 heterocycles. The van der Waals surface area contributed by atoms with Crippen LogP contribution in [0.4, 0.5) is 5.69 Å². The highest BCUT2D eigenvalue weighted by atomic mass is 16.4. The highest BCUT2D eigenvalue weighted by molar-refractivity contribution is 6.04. The monoisotopic (exact) mass is 351 g/mol. The van der Waals surface area contributed by atoms with Crippen molar-refractivity contribution in [3.05, 3.63) is 64.2 Å². The molecule has 2 aromatic carbocycles. The number of anilines is 1. The second-order valence-electron chi connectivity index (χ2n) is 6.84. The van der Waals surface area contributed by atoms with Crippen molar-refractivity contribution in [3.63, 3.8) is 0 Å². The average Bonchev–Trinajstić information content (AvgIpc) is 2.64. The maximum absolute atomic E-state index is 12.8. The molecule has 136 valence electrons. The van der Waals surface area contributed by atoms with Gasteiger partial charge in [0, 0.05) is 43.0 Å². The summed E-state index contributed by atoms with van der Waals surface area (Å²) in [5.41, 5.74) is 5.12. The van der Waals surface area contributed by atoms with Crippen LogP contribution in [0.1, 0.15) is 37.4 Å². The molecule has 1 fully saturated rings. The molecule has 0 saturated carbocycles. The predicted molar refractivity (Wildman–Crippen MR) is 99.5 cm³/mol. The standard InChI is InChI=1S/C21H24N2O3/c1-14-12-16(3)19(13-15(14)2)22-8-10-23(11-9-22)20(24)17-6-4-5-7-18(17)21(25)26/h4-7,12-13H,8-11H2,1-3H3,(H,25,26)/p-1. The SMILES string of the molecule is Cc1cc(C)c(N2CCN(C(=O)c3ccccc3C(=O)[O-])CC2)cc1C. The fourth-order valence-corrected chi connectivity index (χ4v) is 3.45. The normalized spacial score (nSPS) is 14.4. The Morgan fingerprint density at radius 3 is 2.04 bits per heavy atom. The van der Waals surface area contributed by atoms with Crippen molar-refractivity contribution in [1.82, 2.24) is 4.90 Å². The number of aromatic carboxylic acids is 1. The van der Waals surface area contributed by atoms with Gasteiger partial charge in [0.15, 0.2) is 0 Å². The maximum atomic E-state index is 12.8. The number of carbonyl (C=O) groups excluding carboxylic acids is 2. The minimum atomic E-state index is -1.32. The van der Waals surface area contributed by atoms with E-state index in [9.17, 15) is 14.7 Å². The van der Waals surface area contributed by atoms with Crippen molar-refractivity contribution < 1.29 is 14.7 Å². The van der Waals surface area contributed by atoms with Crippen LogP contribution in [0.25, 0.3) is 0 Å². The first-order chi connectivity index (χ1) is 12.4. The molecule has 0 unspecified atom stereocenters. The van der Waals surface area contributed by atoms with Gasteiger partial charge in [0.1, 0.15) is 0 Å². The number of hydrogen-bond donors (Lipinski definition) is 0. The molecule has 0 bridgehead atoms. The van der Waals surface area contributed by atoms with Gasteiger partial charge < -0.3 is 19.7 Å². The molecule has 0 aliphatic carbocycles. The molecule has 2 aromatic rings. The zero-order valence-corrected chi connectivity index (χ0v) is 15.4. The number of carbonyl (C=O) groups is 2. The van der Waals surface area contributed by atoms with E-state index in [1.807, 2.05) is 0 Å². The number of rotatable bonds is 3. The molecular weight excluding hydrogens is 328 g/mol. The first-order valence-electron chi connectivity index (χ1n) is 8.81. The third kappa shape index (κ3) is 3.43. The first-order valence-corrected chi connectivity index (χ1v) is 8.81. The van der Waals surface area contributed by atoms with Crippen molar-refractivity contribution in [2.45, 2.75) is 20.8 Å². The number of carboxylic acid groups (broad SMARTS) is 1. The summed E-state index contributed by atoms with van der Waals surface area (Å²) < 4.78 is 0. The molecule has 1 amide bonds. The quantitative estimate of drug-likeness (QED) is 0.848. The second-order valence-corrected chi connectivity index (χ2v) is 6.84. The van der Waals surface area contributed by atoms with Gasteiger partial charge in [0.2, 0.25) is 0 Å². The molecule has 0 N–H and O–H groups in total. The molecule has 1 aliphatic rings. The van der Waals surface area contributed by atoms with Crippen molar-refractivity contribution in [2.24, 2.45) is 0 Å². The van der Waals surface area contributed by atoms with Crippen molar-refractivity contribution in [1.29, 1.82) is 0 Å². The second kappa shape index (κ2) is 7.20. The van der Waals surface area contributed by atoms with E-state index in [1.165, 1.54) is 28.4 Å². The van der Waals surface area contributed by atoms with Crippen molar-refractivity contribution >= 4 is 17.6 Å². The lowest BCUT2D eigenvalue weighted by atomic mass is 10.0. The maximum Gasteiger partial charge on any atom is 0.254 e. The fourth-order valence-electron chi connectivity index (χ4n) is 3.45. The van der Waals surface area contributed by atoms with Crippen LogP contribution in [-0.4, -0.2) is 43.0 Å². The molecule has 1 saturated heterocycles. The Kier molecular flexibility index (Phi) is 4.98. The van der Waals surface area contributed by atoms with Gasteiger partial charge >= 0.3 is 0 Å². The molecule has 26 heavy (non-hydrogen) atoms. The Morgan fingerprint density at radius 1 is 0.846 bits per heavy atom. The van der Waals surface area contributed by atoms with E-state index >= 15 is 0 Å². The van der Waals surface area contributed by atoms with Crippen molar-refractivity contribution in [3.8, 4) is 0 Å². The zero-order valence-electron chi connectivity index (χ0n) is 15.4. The van der Waals surface area contributed by atoms with Crippen LogP contribution in [0.15, 0.2) is 36.4 Å². The van der Waals surface area contributed by atoms with Crippen molar-refractivity contribution in [2.75, 3.05) is 31.1 Å². The lowest BCUT2D eigenvalue weighted by molar-refractivity contribution is -0.255.